The molecule has 1 heterocycles. The molecule has 1 aromatic rings. The molecule has 0 fully saturated rings. The minimum absolute atomic E-state index is 1.09. The van der Waals surface area contributed by atoms with Gasteiger partial charge in [-0.2, -0.15) is 0 Å². The molecule has 0 unspecified atom stereocenters. The van der Waals surface area contributed by atoms with Gasteiger partial charge >= 0.3 is 0 Å². The zero-order chi connectivity index (χ0) is 12.8. The quantitative estimate of drug-likeness (QED) is 0.780. The third-order valence-corrected chi connectivity index (χ3v) is 3.69. The molecule has 18 heavy (non-hydrogen) atoms. The van der Waals surface area contributed by atoms with Crippen molar-refractivity contribution in [3.05, 3.63) is 23.8 Å². The van der Waals surface area contributed by atoms with Crippen molar-refractivity contribution in [1.29, 1.82) is 0 Å². The number of unbranched alkanes of at least 4 members (excludes halogenated alkanes) is 2. The van der Waals surface area contributed by atoms with Crippen LogP contribution in [0.4, 0.5) is 11.4 Å². The van der Waals surface area contributed by atoms with E-state index in [-0.39, 0.29) is 0 Å². The molecule has 0 aromatic heterocycles. The Kier molecular flexibility index (Phi) is 4.91. The smallest absolute Gasteiger partial charge is 0.0602 e. The highest BCUT2D eigenvalue weighted by molar-refractivity contribution is 5.72. The van der Waals surface area contributed by atoms with E-state index < -0.39 is 0 Å². The first kappa shape index (κ1) is 13.3. The number of hydrogen-bond acceptors (Lipinski definition) is 2. The van der Waals surface area contributed by atoms with Gasteiger partial charge in [-0.15, -0.1) is 0 Å². The summed E-state index contributed by atoms with van der Waals surface area (Å²) in [5.74, 6) is 0. The summed E-state index contributed by atoms with van der Waals surface area (Å²) >= 11 is 0. The van der Waals surface area contributed by atoms with E-state index in [1.807, 2.05) is 0 Å². The van der Waals surface area contributed by atoms with Crippen LogP contribution in [0.25, 0.3) is 0 Å². The first-order chi connectivity index (χ1) is 8.85. The fraction of sp³-hybridized carbons (Fsp3) is 0.625. The molecule has 1 N–H and O–H groups in total. The second kappa shape index (κ2) is 6.67. The highest BCUT2D eigenvalue weighted by Crippen LogP contribution is 2.30. The maximum atomic E-state index is 3.54. The third-order valence-electron chi connectivity index (χ3n) is 3.69. The van der Waals surface area contributed by atoms with Crippen molar-refractivity contribution in [1.82, 2.24) is 0 Å². The molecule has 0 atom stereocenters. The normalized spacial score (nSPS) is 13.2. The van der Waals surface area contributed by atoms with Crippen molar-refractivity contribution >= 4 is 11.4 Å². The van der Waals surface area contributed by atoms with Gasteiger partial charge in [0.05, 0.1) is 11.4 Å². The lowest BCUT2D eigenvalue weighted by atomic mass is 10.1. The molecule has 0 radical (unpaired) electrons. The Morgan fingerprint density at radius 2 is 1.83 bits per heavy atom. The van der Waals surface area contributed by atoms with E-state index in [0.29, 0.717) is 0 Å². The third kappa shape index (κ3) is 3.18. The van der Waals surface area contributed by atoms with Crippen LogP contribution >= 0.6 is 0 Å². The van der Waals surface area contributed by atoms with Crippen LogP contribution in [-0.4, -0.2) is 19.6 Å². The molecule has 0 spiro atoms. The van der Waals surface area contributed by atoms with Gasteiger partial charge in [0.1, 0.15) is 0 Å². The average Bonchev–Trinajstić information content (AvgIpc) is 2.41. The summed E-state index contributed by atoms with van der Waals surface area (Å²) in [6.45, 7) is 7.99. The molecule has 2 rings (SSSR count). The van der Waals surface area contributed by atoms with Crippen molar-refractivity contribution in [2.75, 3.05) is 29.9 Å². The van der Waals surface area contributed by atoms with Gasteiger partial charge in [-0.05, 0) is 37.0 Å². The maximum Gasteiger partial charge on any atom is 0.0602 e. The van der Waals surface area contributed by atoms with Crippen LogP contribution < -0.4 is 10.2 Å². The number of benzene rings is 1. The molecule has 2 nitrogen and oxygen atoms in total. The number of nitrogens with one attached hydrogen (secondary N) is 1. The van der Waals surface area contributed by atoms with Gasteiger partial charge in [-0.25, -0.2) is 0 Å². The van der Waals surface area contributed by atoms with E-state index in [9.17, 15) is 0 Å². The molecule has 2 heteroatoms. The summed E-state index contributed by atoms with van der Waals surface area (Å²) in [6, 6.07) is 6.93. The predicted molar refractivity (Wildman–Crippen MR) is 80.7 cm³/mol. The second-order valence-electron chi connectivity index (χ2n) is 5.22. The van der Waals surface area contributed by atoms with Crippen molar-refractivity contribution in [3.63, 3.8) is 0 Å². The Balaban J connectivity index is 2.13. The Morgan fingerprint density at radius 1 is 1.11 bits per heavy atom. The molecule has 0 aliphatic carbocycles. The number of fused-ring (bicyclic) bond motifs is 2. The highest BCUT2D eigenvalue weighted by Gasteiger charge is 2.14. The number of rotatable bonds is 7. The molecule has 100 valence electrons. The standard InChI is InChI=1S/C16H26N2/c1-3-5-11-18(12-6-4-2)16-8-7-14-9-10-17-15(16)13-14/h7-8,13,17H,3-6,9-12H2,1-2H3. The number of nitrogens with zero attached hydrogens (tertiary/aromatic N) is 1. The molecule has 1 aliphatic rings. The highest BCUT2D eigenvalue weighted by atomic mass is 15.1. The monoisotopic (exact) mass is 246 g/mol. The molecular weight excluding hydrogens is 220 g/mol. The maximum absolute atomic E-state index is 3.54. The molecule has 1 aromatic carbocycles. The van der Waals surface area contributed by atoms with E-state index in [0.717, 1.165) is 13.0 Å². The number of hydrogen-bond donors (Lipinski definition) is 1. The van der Waals surface area contributed by atoms with E-state index in [1.54, 1.807) is 0 Å². The van der Waals surface area contributed by atoms with Crippen LogP contribution in [0, 0.1) is 0 Å². The van der Waals surface area contributed by atoms with Gasteiger partial charge in [0, 0.05) is 19.6 Å². The summed E-state index contributed by atoms with van der Waals surface area (Å²) in [5, 5.41) is 3.54. The van der Waals surface area contributed by atoms with Gasteiger partial charge in [-0.3, -0.25) is 0 Å². The number of anilines is 2. The van der Waals surface area contributed by atoms with Crippen LogP contribution in [0.15, 0.2) is 18.2 Å². The van der Waals surface area contributed by atoms with Gasteiger partial charge in [-0.1, -0.05) is 32.8 Å². The summed E-state index contributed by atoms with van der Waals surface area (Å²) in [4.78, 5) is 2.56. The Labute approximate surface area is 111 Å². The predicted octanol–water partition coefficient (Wildman–Crippen LogP) is 4.06. The van der Waals surface area contributed by atoms with Crippen molar-refractivity contribution in [2.45, 2.75) is 46.0 Å². The Hall–Kier alpha value is -1.18. The van der Waals surface area contributed by atoms with E-state index >= 15 is 0 Å². The lowest BCUT2D eigenvalue weighted by molar-refractivity contribution is 0.678. The summed E-state index contributed by atoms with van der Waals surface area (Å²) in [6.07, 6.45) is 6.26. The molecule has 0 amide bonds. The Bertz CT molecular complexity index is 365. The average molecular weight is 246 g/mol. The van der Waals surface area contributed by atoms with E-state index in [4.69, 9.17) is 0 Å². The first-order valence-corrected chi connectivity index (χ1v) is 7.47. The SMILES string of the molecule is CCCCN(CCCC)c1ccc2cc1NCC2. The lowest BCUT2D eigenvalue weighted by Gasteiger charge is -2.29. The fourth-order valence-corrected chi connectivity index (χ4v) is 2.55. The van der Waals surface area contributed by atoms with E-state index in [2.05, 4.69) is 42.3 Å². The Morgan fingerprint density at radius 3 is 2.50 bits per heavy atom. The molecule has 0 saturated carbocycles. The second-order valence-corrected chi connectivity index (χ2v) is 5.22. The van der Waals surface area contributed by atoms with Crippen LogP contribution in [0.2, 0.25) is 0 Å². The fourth-order valence-electron chi connectivity index (χ4n) is 2.55. The molecule has 1 aliphatic heterocycles. The van der Waals surface area contributed by atoms with Gasteiger partial charge in [0.25, 0.3) is 0 Å². The van der Waals surface area contributed by atoms with Crippen molar-refractivity contribution in [3.8, 4) is 0 Å². The minimum atomic E-state index is 1.09. The van der Waals surface area contributed by atoms with Crippen LogP contribution in [0.3, 0.4) is 0 Å². The topological polar surface area (TPSA) is 15.3 Å². The largest absolute Gasteiger partial charge is 0.383 e. The van der Waals surface area contributed by atoms with Crippen LogP contribution in [0.5, 0.6) is 0 Å². The van der Waals surface area contributed by atoms with Crippen molar-refractivity contribution < 1.29 is 0 Å². The molecule has 2 bridgehead atoms. The summed E-state index contributed by atoms with van der Waals surface area (Å²) < 4.78 is 0. The zero-order valence-electron chi connectivity index (χ0n) is 11.8. The van der Waals surface area contributed by atoms with Crippen LogP contribution in [-0.2, 0) is 6.42 Å². The van der Waals surface area contributed by atoms with E-state index in [1.165, 1.54) is 55.7 Å². The summed E-state index contributed by atoms with van der Waals surface area (Å²) in [5.41, 5.74) is 4.21. The van der Waals surface area contributed by atoms with Gasteiger partial charge in [0.15, 0.2) is 0 Å². The molecular formula is C16H26N2. The van der Waals surface area contributed by atoms with Gasteiger partial charge in [0.2, 0.25) is 0 Å². The molecule has 0 saturated heterocycles. The van der Waals surface area contributed by atoms with Gasteiger partial charge < -0.3 is 10.2 Å². The first-order valence-electron chi connectivity index (χ1n) is 7.47. The van der Waals surface area contributed by atoms with Crippen molar-refractivity contribution in [2.24, 2.45) is 0 Å². The van der Waals surface area contributed by atoms with Crippen LogP contribution in [0.1, 0.15) is 45.1 Å². The lowest BCUT2D eigenvalue weighted by Crippen LogP contribution is -2.27. The minimum Gasteiger partial charge on any atom is -0.383 e. The summed E-state index contributed by atoms with van der Waals surface area (Å²) in [7, 11) is 0. The zero-order valence-corrected chi connectivity index (χ0v) is 11.8.